The number of esters is 3. The molecule has 0 saturated heterocycles. The van der Waals surface area contributed by atoms with Gasteiger partial charge in [0.1, 0.15) is 15.9 Å². The van der Waals surface area contributed by atoms with Crippen LogP contribution >= 0.6 is 69.6 Å². The molecule has 0 unspecified atom stereocenters. The number of nitrogens with two attached hydrogens (primary N) is 2. The number of amides is 2. The van der Waals surface area contributed by atoms with Crippen LogP contribution in [0.1, 0.15) is 76.2 Å². The Bertz CT molecular complexity index is 3090. The molecule has 27 heteroatoms. The molecule has 5 aromatic rings. The molecular formula is C52H52Cl6N6O15. The van der Waals surface area contributed by atoms with Gasteiger partial charge in [0.05, 0.1) is 108 Å². The minimum absolute atomic E-state index is 0.000786. The van der Waals surface area contributed by atoms with Crippen LogP contribution in [0.2, 0.25) is 30.1 Å². The van der Waals surface area contributed by atoms with Crippen molar-refractivity contribution in [3.8, 4) is 40.2 Å². The first-order valence-corrected chi connectivity index (χ1v) is 26.3. The topological polar surface area (TPSA) is 280 Å². The van der Waals surface area contributed by atoms with Gasteiger partial charge in [0.2, 0.25) is 11.7 Å². The highest BCUT2D eigenvalue weighted by atomic mass is 35.5. The van der Waals surface area contributed by atoms with Crippen LogP contribution < -0.4 is 50.5 Å². The van der Waals surface area contributed by atoms with Crippen LogP contribution in [0, 0.1) is 11.8 Å². The quantitative estimate of drug-likeness (QED) is 0.0255. The molecule has 3 heterocycles. The molecule has 0 fully saturated rings. The van der Waals surface area contributed by atoms with Crippen LogP contribution in [0.15, 0.2) is 36.5 Å². The van der Waals surface area contributed by atoms with Gasteiger partial charge in [-0.05, 0) is 35.9 Å². The molecule has 4 aromatic carbocycles. The van der Waals surface area contributed by atoms with Gasteiger partial charge in [-0.3, -0.25) is 19.2 Å². The zero-order valence-corrected chi connectivity index (χ0v) is 47.7. The molecule has 0 radical (unpaired) electrons. The number of hydrogen-bond donors (Lipinski definition) is 4. The molecule has 0 aliphatic carbocycles. The summed E-state index contributed by atoms with van der Waals surface area (Å²) in [6.45, 7) is 7.34. The predicted molar refractivity (Wildman–Crippen MR) is 292 cm³/mol. The number of nitrogen functional groups attached to an aromatic ring is 2. The second kappa shape index (κ2) is 26.3. The molecule has 21 nitrogen and oxygen atoms in total. The van der Waals surface area contributed by atoms with Gasteiger partial charge in [-0.15, -0.1) is 0 Å². The first kappa shape index (κ1) is 60.4. The maximum Gasteiger partial charge on any atom is 0.341 e. The van der Waals surface area contributed by atoms with Gasteiger partial charge < -0.3 is 69.5 Å². The van der Waals surface area contributed by atoms with E-state index in [0.717, 1.165) is 5.56 Å². The highest BCUT2D eigenvalue weighted by Crippen LogP contribution is 2.64. The minimum Gasteiger partial charge on any atom is -0.493 e. The van der Waals surface area contributed by atoms with Crippen molar-refractivity contribution >= 4 is 111 Å². The largest absolute Gasteiger partial charge is 0.493 e. The minimum atomic E-state index is -2.19. The number of fused-ring (bicyclic) bond motifs is 6. The van der Waals surface area contributed by atoms with Gasteiger partial charge >= 0.3 is 17.9 Å². The van der Waals surface area contributed by atoms with Crippen molar-refractivity contribution in [2.75, 3.05) is 85.0 Å². The van der Waals surface area contributed by atoms with Gasteiger partial charge in [0, 0.05) is 36.8 Å². The third-order valence-electron chi connectivity index (χ3n) is 11.9. The maximum absolute atomic E-state index is 14.0. The third kappa shape index (κ3) is 13.2. The number of hydrogen-bond acceptors (Lipinski definition) is 19. The Kier molecular flexibility index (Phi) is 20.1. The van der Waals surface area contributed by atoms with E-state index in [0.29, 0.717) is 23.5 Å². The second-order valence-corrected chi connectivity index (χ2v) is 20.3. The van der Waals surface area contributed by atoms with Crippen LogP contribution in [-0.4, -0.2) is 113 Å². The van der Waals surface area contributed by atoms with E-state index < -0.39 is 47.2 Å². The summed E-state index contributed by atoms with van der Waals surface area (Å²) in [4.78, 5) is 74.1. The average Bonchev–Trinajstić information content (AvgIpc) is 3.75. The smallest absolute Gasteiger partial charge is 0.341 e. The van der Waals surface area contributed by atoms with Crippen molar-refractivity contribution in [3.05, 3.63) is 106 Å². The fourth-order valence-corrected chi connectivity index (χ4v) is 9.79. The predicted octanol–water partition coefficient (Wildman–Crippen LogP) is 8.84. The number of methoxy groups -OCH3 is 2. The van der Waals surface area contributed by atoms with Crippen molar-refractivity contribution in [3.63, 3.8) is 0 Å². The monoisotopic (exact) mass is 1210 g/mol. The lowest BCUT2D eigenvalue weighted by atomic mass is 9.77. The van der Waals surface area contributed by atoms with E-state index in [1.54, 1.807) is 46.0 Å². The summed E-state index contributed by atoms with van der Waals surface area (Å²) in [7, 11) is 2.93. The number of aromatic nitrogens is 2. The van der Waals surface area contributed by atoms with E-state index in [-0.39, 0.29) is 158 Å². The lowest BCUT2D eigenvalue weighted by Crippen LogP contribution is -2.34. The van der Waals surface area contributed by atoms with Crippen molar-refractivity contribution in [1.29, 1.82) is 0 Å². The molecule has 0 saturated carbocycles. The van der Waals surface area contributed by atoms with E-state index in [4.69, 9.17) is 128 Å². The molecule has 0 bridgehead atoms. The number of ether oxygens (including phenoxy) is 10. The molecule has 79 heavy (non-hydrogen) atoms. The molecule has 2 aliphatic heterocycles. The normalized spacial score (nSPS) is 12.8. The third-order valence-corrected chi connectivity index (χ3v) is 13.8. The number of rotatable bonds is 24. The van der Waals surface area contributed by atoms with E-state index in [2.05, 4.69) is 20.6 Å². The standard InChI is InChI=1S/C52H52Cl6N6O15/c1-23(2)48(67)77-43-31(54)19-28-41(39(43)57)76-42-29(20-32(55)44(40(42)58)78-49(68)24(3)4)52(28)37-36(50(69)79-52)30(53)18-27(38(37)56)47(66)62-8-10-73-12-14-74-13-11-72-9-7-61-35(65)22-75-45-33(70-5)16-25(17-34(45)71-6)15-26-21-63-51(60)64-46(26)59/h16-21,23-24H,7-15,22H2,1-6H3,(H,61,65)(H,62,66)(H4,59,60,63,64). The van der Waals surface area contributed by atoms with Crippen LogP contribution in [0.3, 0.4) is 0 Å². The number of carbonyl (C=O) groups excluding carboxylic acids is 5. The van der Waals surface area contributed by atoms with Crippen LogP contribution in [0.5, 0.6) is 40.2 Å². The SMILES string of the molecule is COc1cc(Cc2cnc(N)nc2N)cc(OC)c1OCC(=O)NCCOCCOCCOCCNC(=O)c1cc(Cl)c2c(c1Cl)C1(OC2=O)c2cc(Cl)c(OC(=O)C(C)C)c(Cl)c2Oc2c1cc(Cl)c(OC(=O)C(C)C)c2Cl. The first-order chi connectivity index (χ1) is 37.6. The number of benzene rings is 4. The van der Waals surface area contributed by atoms with Gasteiger partial charge in [-0.1, -0.05) is 97.3 Å². The fraction of sp³-hybridized carbons (Fsp3) is 0.365. The molecule has 7 rings (SSSR count). The summed E-state index contributed by atoms with van der Waals surface area (Å²) in [5, 5.41) is 3.85. The van der Waals surface area contributed by atoms with Crippen molar-refractivity contribution < 1.29 is 71.3 Å². The zero-order valence-electron chi connectivity index (χ0n) is 43.1. The number of nitrogens with zero attached hydrogens (tertiary/aromatic N) is 2. The lowest BCUT2D eigenvalue weighted by Gasteiger charge is -2.38. The van der Waals surface area contributed by atoms with Crippen molar-refractivity contribution in [2.24, 2.45) is 11.8 Å². The second-order valence-electron chi connectivity index (χ2n) is 17.9. The molecule has 6 N–H and O–H groups in total. The van der Waals surface area contributed by atoms with Gasteiger partial charge in [0.15, 0.2) is 46.7 Å². The molecule has 0 atom stereocenters. The molecular weight excluding hydrogens is 1160 g/mol. The van der Waals surface area contributed by atoms with Crippen LogP contribution in [0.4, 0.5) is 11.8 Å². The van der Waals surface area contributed by atoms with Crippen molar-refractivity contribution in [2.45, 2.75) is 39.7 Å². The number of halogens is 6. The summed E-state index contributed by atoms with van der Waals surface area (Å²) < 4.78 is 57.2. The maximum atomic E-state index is 14.0. The Labute approximate surface area is 482 Å². The Balaban J connectivity index is 0.917. The number of carbonyl (C=O) groups is 5. The Morgan fingerprint density at radius 1 is 0.684 bits per heavy atom. The fourth-order valence-electron chi connectivity index (χ4n) is 8.00. The van der Waals surface area contributed by atoms with E-state index >= 15 is 0 Å². The highest BCUT2D eigenvalue weighted by molar-refractivity contribution is 6.41. The van der Waals surface area contributed by atoms with Gasteiger partial charge in [-0.2, -0.15) is 4.98 Å². The van der Waals surface area contributed by atoms with E-state index in [1.807, 2.05) is 0 Å². The average molecular weight is 1210 g/mol. The van der Waals surface area contributed by atoms with E-state index in [9.17, 15) is 24.0 Å². The first-order valence-electron chi connectivity index (χ1n) is 24.1. The number of nitrogens with one attached hydrogen (secondary N) is 2. The van der Waals surface area contributed by atoms with Crippen LogP contribution in [-0.2, 0) is 45.4 Å². The molecule has 1 aromatic heterocycles. The van der Waals surface area contributed by atoms with Gasteiger partial charge in [0.25, 0.3) is 11.8 Å². The summed E-state index contributed by atoms with van der Waals surface area (Å²) >= 11 is 41.3. The Hall–Kier alpha value is -6.27. The number of anilines is 2. The summed E-state index contributed by atoms with van der Waals surface area (Å²) in [5.74, 6) is -4.53. The molecule has 2 aliphatic rings. The lowest BCUT2D eigenvalue weighted by molar-refractivity contribution is -0.138. The molecule has 1 spiro atoms. The van der Waals surface area contributed by atoms with Crippen LogP contribution in [0.25, 0.3) is 0 Å². The van der Waals surface area contributed by atoms with E-state index in [1.165, 1.54) is 32.4 Å². The molecule has 422 valence electrons. The highest BCUT2D eigenvalue weighted by Gasteiger charge is 2.58. The Morgan fingerprint density at radius 2 is 1.20 bits per heavy atom. The Morgan fingerprint density at radius 3 is 1.71 bits per heavy atom. The van der Waals surface area contributed by atoms with Crippen molar-refractivity contribution in [1.82, 2.24) is 20.6 Å². The zero-order chi connectivity index (χ0) is 57.5. The van der Waals surface area contributed by atoms with Gasteiger partial charge in [-0.25, -0.2) is 9.78 Å². The summed E-state index contributed by atoms with van der Waals surface area (Å²) in [5.41, 5.74) is 10.2. The molecule has 2 amide bonds. The summed E-state index contributed by atoms with van der Waals surface area (Å²) in [6.07, 6.45) is 1.90. The summed E-state index contributed by atoms with van der Waals surface area (Å²) in [6, 6.07) is 7.24.